The van der Waals surface area contributed by atoms with E-state index >= 15 is 0 Å². The van der Waals surface area contributed by atoms with Crippen molar-refractivity contribution in [2.75, 3.05) is 6.54 Å². The number of furan rings is 1. The lowest BCUT2D eigenvalue weighted by Crippen LogP contribution is -2.49. The van der Waals surface area contributed by atoms with E-state index < -0.39 is 0 Å². The molecule has 0 radical (unpaired) electrons. The zero-order valence-corrected chi connectivity index (χ0v) is 12.4. The van der Waals surface area contributed by atoms with Crippen LogP contribution in [0, 0.1) is 5.41 Å². The van der Waals surface area contributed by atoms with E-state index in [2.05, 4.69) is 5.32 Å². The van der Waals surface area contributed by atoms with Gasteiger partial charge in [-0.15, -0.1) is 0 Å². The minimum atomic E-state index is -0.322. The molecule has 1 heterocycles. The molecule has 0 aromatic carbocycles. The van der Waals surface area contributed by atoms with Crippen molar-refractivity contribution >= 4 is 5.91 Å². The lowest BCUT2D eigenvalue weighted by Gasteiger charge is -2.35. The van der Waals surface area contributed by atoms with E-state index in [9.17, 15) is 4.79 Å². The van der Waals surface area contributed by atoms with Gasteiger partial charge in [0.1, 0.15) is 5.76 Å². The van der Waals surface area contributed by atoms with Crippen molar-refractivity contribution < 1.29 is 9.21 Å². The molecule has 1 fully saturated rings. The maximum absolute atomic E-state index is 12.5. The SMILES string of the molecule is CC(CCc1ccco1)NC(=O)C1(CN)CCCCC1. The van der Waals surface area contributed by atoms with Crippen LogP contribution < -0.4 is 11.1 Å². The predicted octanol–water partition coefficient (Wildman–Crippen LogP) is 2.63. The van der Waals surface area contributed by atoms with Crippen molar-refractivity contribution in [2.45, 2.75) is 57.9 Å². The van der Waals surface area contributed by atoms with Gasteiger partial charge in [0.2, 0.25) is 5.91 Å². The second-order valence-corrected chi connectivity index (χ2v) is 6.04. The number of rotatable bonds is 6. The molecule has 1 aromatic rings. The summed E-state index contributed by atoms with van der Waals surface area (Å²) in [5.74, 6) is 1.11. The van der Waals surface area contributed by atoms with Gasteiger partial charge in [0.25, 0.3) is 0 Å². The quantitative estimate of drug-likeness (QED) is 0.840. The average molecular weight is 278 g/mol. The van der Waals surface area contributed by atoms with Gasteiger partial charge in [-0.25, -0.2) is 0 Å². The number of nitrogens with two attached hydrogens (primary N) is 1. The maximum atomic E-state index is 12.5. The number of carbonyl (C=O) groups is 1. The van der Waals surface area contributed by atoms with Gasteiger partial charge < -0.3 is 15.5 Å². The van der Waals surface area contributed by atoms with Crippen LogP contribution in [0.4, 0.5) is 0 Å². The molecule has 4 heteroatoms. The summed E-state index contributed by atoms with van der Waals surface area (Å²) in [5, 5.41) is 3.14. The number of aryl methyl sites for hydroxylation is 1. The van der Waals surface area contributed by atoms with Gasteiger partial charge in [0.05, 0.1) is 11.7 Å². The van der Waals surface area contributed by atoms with Crippen LogP contribution in [0.5, 0.6) is 0 Å². The van der Waals surface area contributed by atoms with Crippen LogP contribution in [0.1, 0.15) is 51.2 Å². The van der Waals surface area contributed by atoms with Crippen molar-refractivity contribution in [3.8, 4) is 0 Å². The molecule has 3 N–H and O–H groups in total. The largest absolute Gasteiger partial charge is 0.469 e. The molecule has 4 nitrogen and oxygen atoms in total. The molecule has 1 amide bonds. The topological polar surface area (TPSA) is 68.3 Å². The van der Waals surface area contributed by atoms with Crippen LogP contribution >= 0.6 is 0 Å². The summed E-state index contributed by atoms with van der Waals surface area (Å²) >= 11 is 0. The Morgan fingerprint density at radius 1 is 1.45 bits per heavy atom. The summed E-state index contributed by atoms with van der Waals surface area (Å²) in [5.41, 5.74) is 5.57. The van der Waals surface area contributed by atoms with Crippen LogP contribution in [0.3, 0.4) is 0 Å². The third-order valence-corrected chi connectivity index (χ3v) is 4.46. The van der Waals surface area contributed by atoms with E-state index in [4.69, 9.17) is 10.2 Å². The minimum Gasteiger partial charge on any atom is -0.469 e. The Kier molecular flexibility index (Phi) is 5.24. The van der Waals surface area contributed by atoms with Crippen LogP contribution in [0.2, 0.25) is 0 Å². The molecule has 0 aliphatic heterocycles. The van der Waals surface area contributed by atoms with E-state index in [-0.39, 0.29) is 17.4 Å². The number of hydrogen-bond donors (Lipinski definition) is 2. The summed E-state index contributed by atoms with van der Waals surface area (Å²) in [6, 6.07) is 4.01. The summed E-state index contributed by atoms with van der Waals surface area (Å²) in [6.45, 7) is 2.51. The summed E-state index contributed by atoms with van der Waals surface area (Å²) in [6.07, 6.45) is 8.74. The lowest BCUT2D eigenvalue weighted by atomic mass is 9.73. The molecule has 2 rings (SSSR count). The van der Waals surface area contributed by atoms with Crippen LogP contribution in [0.15, 0.2) is 22.8 Å². The van der Waals surface area contributed by atoms with E-state index in [0.717, 1.165) is 44.3 Å². The summed E-state index contributed by atoms with van der Waals surface area (Å²) in [7, 11) is 0. The third kappa shape index (κ3) is 3.63. The lowest BCUT2D eigenvalue weighted by molar-refractivity contribution is -0.133. The molecule has 1 unspecified atom stereocenters. The molecule has 1 aliphatic carbocycles. The van der Waals surface area contributed by atoms with E-state index in [1.54, 1.807) is 6.26 Å². The highest BCUT2D eigenvalue weighted by Crippen LogP contribution is 2.35. The predicted molar refractivity (Wildman–Crippen MR) is 79.2 cm³/mol. The van der Waals surface area contributed by atoms with Crippen molar-refractivity contribution in [3.63, 3.8) is 0 Å². The molecular weight excluding hydrogens is 252 g/mol. The number of nitrogens with one attached hydrogen (secondary N) is 1. The minimum absolute atomic E-state index is 0.145. The highest BCUT2D eigenvalue weighted by molar-refractivity contribution is 5.83. The molecule has 1 aliphatic rings. The van der Waals surface area contributed by atoms with Gasteiger partial charge in [-0.1, -0.05) is 19.3 Å². The smallest absolute Gasteiger partial charge is 0.227 e. The van der Waals surface area contributed by atoms with Gasteiger partial charge in [-0.05, 0) is 38.3 Å². The second kappa shape index (κ2) is 6.93. The van der Waals surface area contributed by atoms with Crippen molar-refractivity contribution in [3.05, 3.63) is 24.2 Å². The van der Waals surface area contributed by atoms with Crippen molar-refractivity contribution in [1.29, 1.82) is 0 Å². The zero-order valence-electron chi connectivity index (χ0n) is 12.4. The Bertz CT molecular complexity index is 408. The Balaban J connectivity index is 1.82. The van der Waals surface area contributed by atoms with Gasteiger partial charge in [-0.2, -0.15) is 0 Å². The van der Waals surface area contributed by atoms with Gasteiger partial charge in [0.15, 0.2) is 0 Å². The first-order chi connectivity index (χ1) is 9.66. The summed E-state index contributed by atoms with van der Waals surface area (Å²) < 4.78 is 5.31. The van der Waals surface area contributed by atoms with E-state index in [0.29, 0.717) is 6.54 Å². The summed E-state index contributed by atoms with van der Waals surface area (Å²) in [4.78, 5) is 12.5. The van der Waals surface area contributed by atoms with Crippen molar-refractivity contribution in [1.82, 2.24) is 5.32 Å². The van der Waals surface area contributed by atoms with Gasteiger partial charge in [-0.3, -0.25) is 4.79 Å². The standard InChI is InChI=1S/C16H26N2O2/c1-13(7-8-14-6-5-11-20-14)18-15(19)16(12-17)9-3-2-4-10-16/h5-6,11,13H,2-4,7-10,12,17H2,1H3,(H,18,19). The first-order valence-corrected chi connectivity index (χ1v) is 7.70. The van der Waals surface area contributed by atoms with Gasteiger partial charge in [0, 0.05) is 19.0 Å². The molecule has 20 heavy (non-hydrogen) atoms. The zero-order chi connectivity index (χ0) is 14.4. The number of amides is 1. The van der Waals surface area contributed by atoms with Crippen molar-refractivity contribution in [2.24, 2.45) is 11.1 Å². The van der Waals surface area contributed by atoms with E-state index in [1.165, 1.54) is 6.42 Å². The van der Waals surface area contributed by atoms with Crippen LogP contribution in [-0.2, 0) is 11.2 Å². The van der Waals surface area contributed by atoms with Gasteiger partial charge >= 0.3 is 0 Å². The highest BCUT2D eigenvalue weighted by atomic mass is 16.3. The Labute approximate surface area is 121 Å². The monoisotopic (exact) mass is 278 g/mol. The van der Waals surface area contributed by atoms with E-state index in [1.807, 2.05) is 19.1 Å². The molecule has 1 aromatic heterocycles. The first kappa shape index (κ1) is 15.1. The fraction of sp³-hybridized carbons (Fsp3) is 0.688. The normalized spacial score (nSPS) is 19.5. The van der Waals surface area contributed by atoms with Crippen LogP contribution in [0.25, 0.3) is 0 Å². The average Bonchev–Trinajstić information content (AvgIpc) is 2.99. The first-order valence-electron chi connectivity index (χ1n) is 7.70. The Morgan fingerprint density at radius 2 is 2.20 bits per heavy atom. The molecule has 0 bridgehead atoms. The fourth-order valence-corrected chi connectivity index (χ4v) is 3.02. The molecule has 0 saturated heterocycles. The maximum Gasteiger partial charge on any atom is 0.227 e. The van der Waals surface area contributed by atoms with Crippen LogP contribution in [-0.4, -0.2) is 18.5 Å². The number of carbonyl (C=O) groups excluding carboxylic acids is 1. The molecule has 112 valence electrons. The number of hydrogen-bond acceptors (Lipinski definition) is 3. The Morgan fingerprint density at radius 3 is 2.80 bits per heavy atom. The molecular formula is C16H26N2O2. The fourth-order valence-electron chi connectivity index (χ4n) is 3.02. The Hall–Kier alpha value is -1.29. The highest BCUT2D eigenvalue weighted by Gasteiger charge is 2.38. The third-order valence-electron chi connectivity index (χ3n) is 4.46. The molecule has 1 saturated carbocycles. The molecule has 0 spiro atoms. The second-order valence-electron chi connectivity index (χ2n) is 6.04. The molecule has 1 atom stereocenters.